The van der Waals surface area contributed by atoms with E-state index in [2.05, 4.69) is 4.72 Å². The van der Waals surface area contributed by atoms with Gasteiger partial charge in [0.2, 0.25) is 15.9 Å². The number of halogens is 2. The number of amides is 1. The summed E-state index contributed by atoms with van der Waals surface area (Å²) in [4.78, 5) is 14.5. The highest BCUT2D eigenvalue weighted by Gasteiger charge is 2.27. The number of fused-ring (bicyclic) bond motifs is 1. The number of nitrogens with one attached hydrogen (secondary N) is 1. The molecule has 0 bridgehead atoms. The maximum Gasteiger partial charge on any atom is 0.240 e. The molecule has 150 valence electrons. The van der Waals surface area contributed by atoms with E-state index >= 15 is 0 Å². The van der Waals surface area contributed by atoms with Crippen LogP contribution in [-0.4, -0.2) is 31.5 Å². The van der Waals surface area contributed by atoms with Gasteiger partial charge in [-0.2, -0.15) is 0 Å². The molecule has 0 unspecified atom stereocenters. The van der Waals surface area contributed by atoms with Crippen molar-refractivity contribution >= 4 is 39.1 Å². The van der Waals surface area contributed by atoms with Crippen LogP contribution in [-0.2, 0) is 40.9 Å². The number of hydrogen-bond donors (Lipinski definition) is 2. The van der Waals surface area contributed by atoms with Gasteiger partial charge in [-0.3, -0.25) is 4.79 Å². The summed E-state index contributed by atoms with van der Waals surface area (Å²) in [6, 6.07) is 10.1. The Bertz CT molecular complexity index is 1010. The quantitative estimate of drug-likeness (QED) is 0.719. The van der Waals surface area contributed by atoms with E-state index in [0.29, 0.717) is 29.6 Å². The molecule has 0 aliphatic carbocycles. The second kappa shape index (κ2) is 8.39. The zero-order chi connectivity index (χ0) is 20.5. The van der Waals surface area contributed by atoms with Gasteiger partial charge in [0.25, 0.3) is 0 Å². The molecule has 3 rings (SSSR count). The number of hydrogen-bond acceptors (Lipinski definition) is 4. The third-order valence-corrected chi connectivity index (χ3v) is 5.87. The molecule has 0 aromatic heterocycles. The second-order valence-electron chi connectivity index (χ2n) is 6.94. The third-order valence-electron chi connectivity index (χ3n) is 4.62. The van der Waals surface area contributed by atoms with Gasteiger partial charge in [-0.1, -0.05) is 47.5 Å². The number of nitrogens with two attached hydrogens (primary N) is 1. The molecule has 3 N–H and O–H groups in total. The monoisotopic (exact) mass is 441 g/mol. The molecule has 9 heteroatoms. The Morgan fingerprint density at radius 3 is 2.57 bits per heavy atom. The fraction of sp³-hybridized carbons (Fsp3) is 0.316. The van der Waals surface area contributed by atoms with Crippen molar-refractivity contribution in [2.45, 2.75) is 32.1 Å². The molecule has 0 spiro atoms. The molecule has 1 amide bonds. The summed E-state index contributed by atoms with van der Waals surface area (Å²) in [5.41, 5.74) is 9.79. The van der Waals surface area contributed by atoms with Crippen LogP contribution in [0.1, 0.15) is 22.3 Å². The SMILES string of the molecule is CS(=O)(=O)NCc1ccc2c(c1)CN(C(=O)[C@H](N)Cc1ccc(Cl)cc1Cl)C2. The molecule has 1 aliphatic heterocycles. The van der Waals surface area contributed by atoms with E-state index in [1.807, 2.05) is 18.2 Å². The Morgan fingerprint density at radius 2 is 1.89 bits per heavy atom. The first-order chi connectivity index (χ1) is 13.1. The van der Waals surface area contributed by atoms with Crippen LogP contribution in [0.5, 0.6) is 0 Å². The van der Waals surface area contributed by atoms with Gasteiger partial charge in [0.15, 0.2) is 0 Å². The van der Waals surface area contributed by atoms with Crippen molar-refractivity contribution in [1.29, 1.82) is 0 Å². The van der Waals surface area contributed by atoms with Gasteiger partial charge >= 0.3 is 0 Å². The van der Waals surface area contributed by atoms with Crippen molar-refractivity contribution in [3.8, 4) is 0 Å². The van der Waals surface area contributed by atoms with Crippen LogP contribution in [0.15, 0.2) is 36.4 Å². The fourth-order valence-corrected chi connectivity index (χ4v) is 4.09. The summed E-state index contributed by atoms with van der Waals surface area (Å²) in [6.45, 7) is 1.15. The molecular weight excluding hydrogens is 421 g/mol. The fourth-order valence-electron chi connectivity index (χ4n) is 3.17. The van der Waals surface area contributed by atoms with Gasteiger partial charge in [0.1, 0.15) is 0 Å². The molecule has 28 heavy (non-hydrogen) atoms. The van der Waals surface area contributed by atoms with E-state index in [-0.39, 0.29) is 12.5 Å². The Labute approximate surface area is 174 Å². The van der Waals surface area contributed by atoms with Gasteiger partial charge in [0.05, 0.1) is 12.3 Å². The van der Waals surface area contributed by atoms with Crippen molar-refractivity contribution in [3.63, 3.8) is 0 Å². The lowest BCUT2D eigenvalue weighted by atomic mass is 10.1. The van der Waals surface area contributed by atoms with Crippen molar-refractivity contribution in [2.75, 3.05) is 6.26 Å². The average Bonchev–Trinajstić information content (AvgIpc) is 3.04. The highest BCUT2D eigenvalue weighted by Crippen LogP contribution is 2.26. The van der Waals surface area contributed by atoms with Crippen LogP contribution < -0.4 is 10.5 Å². The van der Waals surface area contributed by atoms with E-state index < -0.39 is 16.1 Å². The molecule has 1 atom stereocenters. The molecule has 0 radical (unpaired) electrons. The highest BCUT2D eigenvalue weighted by molar-refractivity contribution is 7.88. The zero-order valence-electron chi connectivity index (χ0n) is 15.3. The molecule has 2 aromatic rings. The minimum atomic E-state index is -3.26. The van der Waals surface area contributed by atoms with Crippen LogP contribution in [0.2, 0.25) is 10.0 Å². The number of benzene rings is 2. The first kappa shape index (κ1) is 21.1. The van der Waals surface area contributed by atoms with Crippen molar-refractivity contribution in [2.24, 2.45) is 5.73 Å². The normalized spacial score (nSPS) is 14.8. The van der Waals surface area contributed by atoms with Crippen molar-refractivity contribution in [3.05, 3.63) is 68.7 Å². The first-order valence-corrected chi connectivity index (χ1v) is 11.3. The summed E-state index contributed by atoms with van der Waals surface area (Å²) in [6.07, 6.45) is 1.44. The first-order valence-electron chi connectivity index (χ1n) is 8.66. The van der Waals surface area contributed by atoms with Crippen molar-refractivity contribution in [1.82, 2.24) is 9.62 Å². The maximum absolute atomic E-state index is 12.8. The number of nitrogens with zero attached hydrogens (tertiary/aromatic N) is 1. The van der Waals surface area contributed by atoms with Gasteiger partial charge in [-0.05, 0) is 40.8 Å². The third kappa shape index (κ3) is 5.24. The lowest BCUT2D eigenvalue weighted by molar-refractivity contribution is -0.133. The Kier molecular flexibility index (Phi) is 6.31. The van der Waals surface area contributed by atoms with Gasteiger partial charge < -0.3 is 10.6 Å². The topological polar surface area (TPSA) is 92.5 Å². The largest absolute Gasteiger partial charge is 0.333 e. The van der Waals surface area contributed by atoms with Crippen LogP contribution in [0.4, 0.5) is 0 Å². The van der Waals surface area contributed by atoms with Crippen LogP contribution in [0.25, 0.3) is 0 Å². The van der Waals surface area contributed by atoms with Gasteiger partial charge in [-0.15, -0.1) is 0 Å². The van der Waals surface area contributed by atoms with Crippen LogP contribution >= 0.6 is 23.2 Å². The molecule has 1 heterocycles. The van der Waals surface area contributed by atoms with E-state index in [4.69, 9.17) is 28.9 Å². The average molecular weight is 442 g/mol. The lowest BCUT2D eigenvalue weighted by Gasteiger charge is -2.20. The maximum atomic E-state index is 12.8. The van der Waals surface area contributed by atoms with Crippen LogP contribution in [0.3, 0.4) is 0 Å². The number of rotatable bonds is 6. The molecule has 0 saturated heterocycles. The predicted octanol–water partition coefficient (Wildman–Crippen LogP) is 2.45. The Hall–Kier alpha value is -1.64. The van der Waals surface area contributed by atoms with E-state index in [0.717, 1.165) is 28.5 Å². The second-order valence-corrected chi connectivity index (χ2v) is 9.61. The number of carbonyl (C=O) groups excluding carboxylic acids is 1. The summed E-state index contributed by atoms with van der Waals surface area (Å²) in [5.74, 6) is -0.155. The van der Waals surface area contributed by atoms with E-state index in [9.17, 15) is 13.2 Å². The van der Waals surface area contributed by atoms with E-state index in [1.165, 1.54) is 0 Å². The molecule has 0 saturated carbocycles. The van der Waals surface area contributed by atoms with Gasteiger partial charge in [0, 0.05) is 29.7 Å². The molecule has 1 aliphatic rings. The van der Waals surface area contributed by atoms with Crippen LogP contribution in [0, 0.1) is 0 Å². The number of carbonyl (C=O) groups is 1. The summed E-state index contributed by atoms with van der Waals surface area (Å²) in [7, 11) is -3.26. The Morgan fingerprint density at radius 1 is 1.18 bits per heavy atom. The summed E-state index contributed by atoms with van der Waals surface area (Å²) in [5, 5.41) is 1.02. The highest BCUT2D eigenvalue weighted by atomic mass is 35.5. The minimum absolute atomic E-state index is 0.155. The van der Waals surface area contributed by atoms with Crippen molar-refractivity contribution < 1.29 is 13.2 Å². The zero-order valence-corrected chi connectivity index (χ0v) is 17.6. The smallest absolute Gasteiger partial charge is 0.240 e. The molecular formula is C19H21Cl2N3O3S. The van der Waals surface area contributed by atoms with Gasteiger partial charge in [-0.25, -0.2) is 13.1 Å². The van der Waals surface area contributed by atoms with E-state index in [1.54, 1.807) is 23.1 Å². The molecule has 6 nitrogen and oxygen atoms in total. The predicted molar refractivity (Wildman–Crippen MR) is 111 cm³/mol. The number of sulfonamides is 1. The molecule has 0 fully saturated rings. The lowest BCUT2D eigenvalue weighted by Crippen LogP contribution is -2.42. The Balaban J connectivity index is 1.65. The molecule has 2 aromatic carbocycles. The summed E-state index contributed by atoms with van der Waals surface area (Å²) < 4.78 is 25.0. The standard InChI is InChI=1S/C19H21Cl2N3O3S/c1-28(26,27)23-9-12-2-3-14-10-24(11-15(14)6-12)19(25)18(22)7-13-4-5-16(20)8-17(13)21/h2-6,8,18,23H,7,9-11,22H2,1H3/t18-/m1/s1. The minimum Gasteiger partial charge on any atom is -0.333 e. The summed E-state index contributed by atoms with van der Waals surface area (Å²) >= 11 is 12.1.